The molecular formula is C17H9Cl3N2O2S. The van der Waals surface area contributed by atoms with E-state index in [1.54, 1.807) is 34.6 Å². The van der Waals surface area contributed by atoms with Crippen LogP contribution in [0.4, 0.5) is 0 Å². The molecule has 0 radical (unpaired) electrons. The smallest absolute Gasteiger partial charge is 0.356 e. The fourth-order valence-electron chi connectivity index (χ4n) is 2.83. The van der Waals surface area contributed by atoms with E-state index in [1.807, 2.05) is 18.2 Å². The zero-order valence-corrected chi connectivity index (χ0v) is 15.5. The largest absolute Gasteiger partial charge is 0.476 e. The topological polar surface area (TPSA) is 55.1 Å². The van der Waals surface area contributed by atoms with E-state index in [2.05, 4.69) is 5.10 Å². The molecule has 1 aliphatic heterocycles. The van der Waals surface area contributed by atoms with Crippen molar-refractivity contribution >= 4 is 52.5 Å². The van der Waals surface area contributed by atoms with E-state index >= 15 is 0 Å². The van der Waals surface area contributed by atoms with Crippen molar-refractivity contribution < 1.29 is 9.90 Å². The molecule has 3 aromatic rings. The van der Waals surface area contributed by atoms with E-state index in [0.29, 0.717) is 37.8 Å². The van der Waals surface area contributed by atoms with Crippen LogP contribution >= 0.6 is 46.6 Å². The van der Waals surface area contributed by atoms with Crippen LogP contribution in [0, 0.1) is 0 Å². The standard InChI is InChI=1S/C17H9Cl3N2O2S/c18-8-2-4-14-10(5-8)16-11(7-25-14)15(17(23)24)21-22(16)13-3-1-9(19)6-12(13)20/h1-6H,7H2,(H,23,24). The molecule has 0 amide bonds. The Morgan fingerprint density at radius 1 is 1.12 bits per heavy atom. The van der Waals surface area contributed by atoms with Gasteiger partial charge >= 0.3 is 5.97 Å². The van der Waals surface area contributed by atoms with Crippen LogP contribution in [0.5, 0.6) is 0 Å². The van der Waals surface area contributed by atoms with Gasteiger partial charge in [-0.2, -0.15) is 5.10 Å². The van der Waals surface area contributed by atoms with Crippen LogP contribution in [0.2, 0.25) is 15.1 Å². The number of carboxylic acid groups (broad SMARTS) is 1. The molecule has 1 aliphatic rings. The summed E-state index contributed by atoms with van der Waals surface area (Å²) in [5, 5.41) is 15.3. The van der Waals surface area contributed by atoms with Gasteiger partial charge in [-0.05, 0) is 36.4 Å². The first kappa shape index (κ1) is 16.8. The van der Waals surface area contributed by atoms with Crippen LogP contribution in [-0.4, -0.2) is 20.9 Å². The third kappa shape index (κ3) is 2.81. The molecule has 2 aromatic carbocycles. The zero-order chi connectivity index (χ0) is 17.7. The number of hydrogen-bond acceptors (Lipinski definition) is 3. The van der Waals surface area contributed by atoms with Crippen LogP contribution in [-0.2, 0) is 5.75 Å². The summed E-state index contributed by atoms with van der Waals surface area (Å²) in [5.74, 6) is -0.567. The Labute approximate surface area is 162 Å². The van der Waals surface area contributed by atoms with Crippen molar-refractivity contribution in [2.24, 2.45) is 0 Å². The number of hydrogen-bond donors (Lipinski definition) is 1. The third-order valence-electron chi connectivity index (χ3n) is 3.89. The molecule has 25 heavy (non-hydrogen) atoms. The molecule has 0 unspecified atom stereocenters. The first-order valence-electron chi connectivity index (χ1n) is 7.19. The predicted molar refractivity (Wildman–Crippen MR) is 101 cm³/mol. The number of carboxylic acids is 1. The van der Waals surface area contributed by atoms with Crippen molar-refractivity contribution in [2.75, 3.05) is 0 Å². The predicted octanol–water partition coefficient (Wildman–Crippen LogP) is 5.80. The second-order valence-corrected chi connectivity index (χ2v) is 7.71. The molecule has 0 bridgehead atoms. The lowest BCUT2D eigenvalue weighted by atomic mass is 10.1. The van der Waals surface area contributed by atoms with E-state index in [0.717, 1.165) is 10.5 Å². The van der Waals surface area contributed by atoms with Crippen molar-refractivity contribution in [1.29, 1.82) is 0 Å². The number of benzene rings is 2. The highest BCUT2D eigenvalue weighted by atomic mass is 35.5. The molecule has 2 heterocycles. The Bertz CT molecular complexity index is 1030. The van der Waals surface area contributed by atoms with Gasteiger partial charge in [0.25, 0.3) is 0 Å². The minimum absolute atomic E-state index is 0.0131. The lowest BCUT2D eigenvalue weighted by molar-refractivity contribution is 0.0689. The number of rotatable bonds is 2. The maximum atomic E-state index is 11.7. The number of aromatic nitrogens is 2. The van der Waals surface area contributed by atoms with Crippen molar-refractivity contribution in [3.63, 3.8) is 0 Å². The number of aromatic carboxylic acids is 1. The van der Waals surface area contributed by atoms with Crippen LogP contribution in [0.15, 0.2) is 41.3 Å². The quantitative estimate of drug-likeness (QED) is 0.578. The molecular weight excluding hydrogens is 403 g/mol. The average molecular weight is 412 g/mol. The fourth-order valence-corrected chi connectivity index (χ4v) is 4.54. The Morgan fingerprint density at radius 2 is 1.84 bits per heavy atom. The van der Waals surface area contributed by atoms with Gasteiger partial charge in [-0.25, -0.2) is 9.48 Å². The number of thioether (sulfide) groups is 1. The average Bonchev–Trinajstić information content (AvgIpc) is 2.95. The molecule has 0 saturated carbocycles. The molecule has 0 saturated heterocycles. The molecule has 8 heteroatoms. The van der Waals surface area contributed by atoms with E-state index < -0.39 is 5.97 Å². The highest BCUT2D eigenvalue weighted by molar-refractivity contribution is 7.98. The SMILES string of the molecule is O=C(O)c1nn(-c2ccc(Cl)cc2Cl)c2c1CSc1ccc(Cl)cc1-2. The summed E-state index contributed by atoms with van der Waals surface area (Å²) in [4.78, 5) is 12.7. The van der Waals surface area contributed by atoms with Gasteiger partial charge in [0.2, 0.25) is 0 Å². The van der Waals surface area contributed by atoms with Crippen molar-refractivity contribution in [1.82, 2.24) is 9.78 Å². The van der Waals surface area contributed by atoms with Crippen LogP contribution in [0.1, 0.15) is 16.1 Å². The Kier molecular flexibility index (Phi) is 4.20. The molecule has 126 valence electrons. The summed E-state index contributed by atoms with van der Waals surface area (Å²) in [5.41, 5.74) is 2.76. The molecule has 0 atom stereocenters. The summed E-state index contributed by atoms with van der Waals surface area (Å²) in [7, 11) is 0. The van der Waals surface area contributed by atoms with Gasteiger partial charge < -0.3 is 5.11 Å². The maximum absolute atomic E-state index is 11.7. The Hall–Kier alpha value is -1.66. The van der Waals surface area contributed by atoms with E-state index in [1.165, 1.54) is 0 Å². The molecule has 1 aromatic heterocycles. The molecule has 0 aliphatic carbocycles. The van der Waals surface area contributed by atoms with E-state index in [9.17, 15) is 9.90 Å². The summed E-state index contributed by atoms with van der Waals surface area (Å²) in [6, 6.07) is 10.6. The lowest BCUT2D eigenvalue weighted by Gasteiger charge is -2.19. The minimum atomic E-state index is -1.08. The van der Waals surface area contributed by atoms with Gasteiger partial charge in [0.15, 0.2) is 5.69 Å². The maximum Gasteiger partial charge on any atom is 0.356 e. The number of fused-ring (bicyclic) bond motifs is 3. The highest BCUT2D eigenvalue weighted by Gasteiger charge is 2.30. The molecule has 4 rings (SSSR count). The van der Waals surface area contributed by atoms with Crippen molar-refractivity contribution in [2.45, 2.75) is 10.6 Å². The number of halogens is 3. The number of nitrogens with zero attached hydrogens (tertiary/aromatic N) is 2. The van der Waals surface area contributed by atoms with Crippen molar-refractivity contribution in [3.8, 4) is 16.9 Å². The Morgan fingerprint density at radius 3 is 2.56 bits per heavy atom. The molecule has 4 nitrogen and oxygen atoms in total. The van der Waals surface area contributed by atoms with Crippen molar-refractivity contribution in [3.05, 3.63) is 62.7 Å². The van der Waals surface area contributed by atoms with Gasteiger partial charge in [0.1, 0.15) is 0 Å². The summed E-state index contributed by atoms with van der Waals surface area (Å²) < 4.78 is 1.56. The molecule has 0 spiro atoms. The third-order valence-corrected chi connectivity index (χ3v) is 5.77. The first-order valence-corrected chi connectivity index (χ1v) is 9.31. The second-order valence-electron chi connectivity index (χ2n) is 5.42. The first-order chi connectivity index (χ1) is 12.0. The summed E-state index contributed by atoms with van der Waals surface area (Å²) in [6.45, 7) is 0. The van der Waals surface area contributed by atoms with Crippen LogP contribution in [0.3, 0.4) is 0 Å². The van der Waals surface area contributed by atoms with Gasteiger partial charge in [-0.1, -0.05) is 34.8 Å². The summed E-state index contributed by atoms with van der Waals surface area (Å²) >= 11 is 20.0. The fraction of sp³-hybridized carbons (Fsp3) is 0.0588. The van der Waals surface area contributed by atoms with Gasteiger partial charge in [-0.3, -0.25) is 0 Å². The second kappa shape index (κ2) is 6.25. The Balaban J connectivity index is 2.05. The summed E-state index contributed by atoms with van der Waals surface area (Å²) in [6.07, 6.45) is 0. The van der Waals surface area contributed by atoms with Gasteiger partial charge in [0.05, 0.1) is 16.4 Å². The molecule has 0 fully saturated rings. The lowest BCUT2D eigenvalue weighted by Crippen LogP contribution is -2.03. The van der Waals surface area contributed by atoms with Crippen LogP contribution in [0.25, 0.3) is 16.9 Å². The molecule has 1 N–H and O–H groups in total. The minimum Gasteiger partial charge on any atom is -0.476 e. The van der Waals surface area contributed by atoms with Crippen LogP contribution < -0.4 is 0 Å². The number of carbonyl (C=O) groups is 1. The normalized spacial score (nSPS) is 12.6. The van der Waals surface area contributed by atoms with E-state index in [-0.39, 0.29) is 5.69 Å². The van der Waals surface area contributed by atoms with Gasteiger partial charge in [-0.15, -0.1) is 11.8 Å². The van der Waals surface area contributed by atoms with Gasteiger partial charge in [0, 0.05) is 31.8 Å². The monoisotopic (exact) mass is 410 g/mol. The highest BCUT2D eigenvalue weighted by Crippen LogP contribution is 2.45. The van der Waals surface area contributed by atoms with E-state index in [4.69, 9.17) is 34.8 Å². The zero-order valence-electron chi connectivity index (χ0n) is 12.5.